The minimum absolute atomic E-state index is 0.0129. The van der Waals surface area contributed by atoms with Crippen molar-refractivity contribution >= 4 is 5.97 Å². The standard InChI is InChI=1S/C14H23NO3/c1-8(2)11-12(13(16)17)18-10(15-11)7-9(3)14(4,5)6/h8-9H,7H2,1-6H3,(H,16,17). The maximum absolute atomic E-state index is 11.1. The van der Waals surface area contributed by atoms with Crippen LogP contribution in [0.5, 0.6) is 0 Å². The van der Waals surface area contributed by atoms with E-state index in [1.165, 1.54) is 0 Å². The summed E-state index contributed by atoms with van der Waals surface area (Å²) in [6, 6.07) is 0. The Kier molecular flexibility index (Phi) is 4.20. The van der Waals surface area contributed by atoms with Crippen molar-refractivity contribution in [3.05, 3.63) is 17.3 Å². The van der Waals surface area contributed by atoms with E-state index in [9.17, 15) is 4.79 Å². The Bertz CT molecular complexity index is 427. The Morgan fingerprint density at radius 2 is 1.89 bits per heavy atom. The molecule has 18 heavy (non-hydrogen) atoms. The fourth-order valence-corrected chi connectivity index (χ4v) is 1.58. The van der Waals surface area contributed by atoms with Crippen LogP contribution >= 0.6 is 0 Å². The largest absolute Gasteiger partial charge is 0.475 e. The van der Waals surface area contributed by atoms with Crippen molar-refractivity contribution in [1.29, 1.82) is 0 Å². The first kappa shape index (κ1) is 14.7. The Hall–Kier alpha value is -1.32. The molecule has 0 saturated heterocycles. The molecule has 4 heteroatoms. The van der Waals surface area contributed by atoms with Crippen LogP contribution in [0.15, 0.2) is 4.42 Å². The van der Waals surface area contributed by atoms with Gasteiger partial charge in [0.05, 0.1) is 5.69 Å². The fraction of sp³-hybridized carbons (Fsp3) is 0.714. The van der Waals surface area contributed by atoms with E-state index in [4.69, 9.17) is 9.52 Å². The highest BCUT2D eigenvalue weighted by molar-refractivity contribution is 5.85. The van der Waals surface area contributed by atoms with E-state index in [2.05, 4.69) is 32.7 Å². The molecule has 0 amide bonds. The van der Waals surface area contributed by atoms with E-state index in [1.54, 1.807) is 0 Å². The molecule has 0 fully saturated rings. The molecular formula is C14H23NO3. The molecule has 1 unspecified atom stereocenters. The molecule has 1 heterocycles. The van der Waals surface area contributed by atoms with Crippen LogP contribution in [0, 0.1) is 11.3 Å². The highest BCUT2D eigenvalue weighted by Gasteiger charge is 2.26. The molecule has 0 aromatic carbocycles. The number of aromatic nitrogens is 1. The summed E-state index contributed by atoms with van der Waals surface area (Å²) in [7, 11) is 0. The normalized spacial score (nSPS) is 13.9. The summed E-state index contributed by atoms with van der Waals surface area (Å²) < 4.78 is 5.39. The van der Waals surface area contributed by atoms with Gasteiger partial charge in [0, 0.05) is 6.42 Å². The van der Waals surface area contributed by atoms with Crippen molar-refractivity contribution < 1.29 is 14.3 Å². The van der Waals surface area contributed by atoms with Gasteiger partial charge in [-0.05, 0) is 17.3 Å². The zero-order valence-corrected chi connectivity index (χ0v) is 12.1. The zero-order chi connectivity index (χ0) is 14.1. The summed E-state index contributed by atoms with van der Waals surface area (Å²) in [5.41, 5.74) is 0.689. The molecule has 1 rings (SSSR count). The number of hydrogen-bond donors (Lipinski definition) is 1. The maximum Gasteiger partial charge on any atom is 0.373 e. The highest BCUT2D eigenvalue weighted by Crippen LogP contribution is 2.29. The first-order valence-electron chi connectivity index (χ1n) is 6.35. The van der Waals surface area contributed by atoms with Crippen LogP contribution in [-0.2, 0) is 6.42 Å². The van der Waals surface area contributed by atoms with Gasteiger partial charge in [-0.15, -0.1) is 0 Å². The van der Waals surface area contributed by atoms with Crippen LogP contribution in [0.2, 0.25) is 0 Å². The van der Waals surface area contributed by atoms with Crippen LogP contribution in [0.1, 0.15) is 69.6 Å². The molecule has 0 saturated carbocycles. The number of carboxylic acid groups (broad SMARTS) is 1. The molecule has 1 atom stereocenters. The van der Waals surface area contributed by atoms with Gasteiger partial charge in [0.2, 0.25) is 5.76 Å². The van der Waals surface area contributed by atoms with Gasteiger partial charge in [-0.1, -0.05) is 41.5 Å². The lowest BCUT2D eigenvalue weighted by Gasteiger charge is -2.25. The molecule has 1 aromatic rings. The molecule has 1 N–H and O–H groups in total. The minimum atomic E-state index is -1.04. The SMILES string of the molecule is CC(C)c1nc(CC(C)C(C)(C)C)oc1C(=O)O. The van der Waals surface area contributed by atoms with Crippen molar-refractivity contribution in [2.45, 2.75) is 53.9 Å². The van der Waals surface area contributed by atoms with Crippen LogP contribution in [0.25, 0.3) is 0 Å². The quantitative estimate of drug-likeness (QED) is 0.888. The molecule has 4 nitrogen and oxygen atoms in total. The van der Waals surface area contributed by atoms with Gasteiger partial charge in [0.15, 0.2) is 5.89 Å². The second-order valence-electron chi connectivity index (χ2n) is 6.25. The lowest BCUT2D eigenvalue weighted by atomic mass is 9.80. The van der Waals surface area contributed by atoms with E-state index in [0.717, 1.165) is 0 Å². The third-order valence-corrected chi connectivity index (χ3v) is 3.40. The number of oxazole rings is 1. The Balaban J connectivity index is 2.99. The average molecular weight is 253 g/mol. The summed E-state index contributed by atoms with van der Waals surface area (Å²) >= 11 is 0. The van der Waals surface area contributed by atoms with Crippen molar-refractivity contribution in [2.75, 3.05) is 0 Å². The summed E-state index contributed by atoms with van der Waals surface area (Å²) in [4.78, 5) is 15.4. The lowest BCUT2D eigenvalue weighted by molar-refractivity contribution is 0.0657. The van der Waals surface area contributed by atoms with E-state index in [0.29, 0.717) is 23.9 Å². The fourth-order valence-electron chi connectivity index (χ4n) is 1.58. The summed E-state index contributed by atoms with van der Waals surface area (Å²) in [5.74, 6) is -0.100. The van der Waals surface area contributed by atoms with Crippen molar-refractivity contribution in [1.82, 2.24) is 4.98 Å². The predicted octanol–water partition coefficient (Wildman–Crippen LogP) is 3.72. The third-order valence-electron chi connectivity index (χ3n) is 3.40. The monoisotopic (exact) mass is 253 g/mol. The van der Waals surface area contributed by atoms with Gasteiger partial charge in [0.25, 0.3) is 0 Å². The zero-order valence-electron chi connectivity index (χ0n) is 12.1. The second-order valence-corrected chi connectivity index (χ2v) is 6.25. The molecule has 102 valence electrons. The van der Waals surface area contributed by atoms with E-state index >= 15 is 0 Å². The molecule has 0 aliphatic heterocycles. The molecule has 0 aliphatic rings. The Labute approximate surface area is 108 Å². The van der Waals surface area contributed by atoms with Crippen molar-refractivity contribution in [3.8, 4) is 0 Å². The van der Waals surface area contributed by atoms with Crippen LogP contribution in [0.3, 0.4) is 0 Å². The number of nitrogens with zero attached hydrogens (tertiary/aromatic N) is 1. The van der Waals surface area contributed by atoms with Gasteiger partial charge in [0.1, 0.15) is 0 Å². The third kappa shape index (κ3) is 3.34. The van der Waals surface area contributed by atoms with Gasteiger partial charge in [-0.3, -0.25) is 0 Å². The van der Waals surface area contributed by atoms with Crippen LogP contribution in [0.4, 0.5) is 0 Å². The molecule has 0 radical (unpaired) electrons. The smallest absolute Gasteiger partial charge is 0.373 e. The summed E-state index contributed by atoms with van der Waals surface area (Å²) in [5, 5.41) is 9.09. The first-order valence-corrected chi connectivity index (χ1v) is 6.35. The van der Waals surface area contributed by atoms with Crippen LogP contribution < -0.4 is 0 Å². The Morgan fingerprint density at radius 1 is 1.33 bits per heavy atom. The molecule has 1 aromatic heterocycles. The number of carbonyl (C=O) groups is 1. The molecule has 0 aliphatic carbocycles. The van der Waals surface area contributed by atoms with Crippen LogP contribution in [-0.4, -0.2) is 16.1 Å². The number of rotatable bonds is 4. The second kappa shape index (κ2) is 5.12. The lowest BCUT2D eigenvalue weighted by Crippen LogP contribution is -2.19. The van der Waals surface area contributed by atoms with E-state index in [-0.39, 0.29) is 17.1 Å². The molecule has 0 spiro atoms. The molecule has 0 bridgehead atoms. The van der Waals surface area contributed by atoms with Crippen molar-refractivity contribution in [2.24, 2.45) is 11.3 Å². The van der Waals surface area contributed by atoms with E-state index in [1.807, 2.05) is 13.8 Å². The number of aromatic carboxylic acids is 1. The Morgan fingerprint density at radius 3 is 2.22 bits per heavy atom. The predicted molar refractivity (Wildman–Crippen MR) is 69.9 cm³/mol. The number of carboxylic acids is 1. The maximum atomic E-state index is 11.1. The van der Waals surface area contributed by atoms with Gasteiger partial charge >= 0.3 is 5.97 Å². The summed E-state index contributed by atoms with van der Waals surface area (Å²) in [6.07, 6.45) is 0.663. The summed E-state index contributed by atoms with van der Waals surface area (Å²) in [6.45, 7) is 12.4. The van der Waals surface area contributed by atoms with Gasteiger partial charge < -0.3 is 9.52 Å². The average Bonchev–Trinajstić information content (AvgIpc) is 2.60. The topological polar surface area (TPSA) is 63.3 Å². The minimum Gasteiger partial charge on any atom is -0.475 e. The highest BCUT2D eigenvalue weighted by atomic mass is 16.4. The molecular weight excluding hydrogens is 230 g/mol. The van der Waals surface area contributed by atoms with Gasteiger partial charge in [-0.25, -0.2) is 9.78 Å². The van der Waals surface area contributed by atoms with E-state index < -0.39 is 5.97 Å². The first-order chi connectivity index (χ1) is 8.12. The van der Waals surface area contributed by atoms with Gasteiger partial charge in [-0.2, -0.15) is 0 Å². The number of hydrogen-bond acceptors (Lipinski definition) is 3. The van der Waals surface area contributed by atoms with Crippen molar-refractivity contribution in [3.63, 3.8) is 0 Å².